The lowest BCUT2D eigenvalue weighted by atomic mass is 10.4. The van der Waals surface area contributed by atoms with Crippen molar-refractivity contribution in [3.8, 4) is 0 Å². The van der Waals surface area contributed by atoms with Gasteiger partial charge >= 0.3 is 0 Å². The predicted octanol–water partition coefficient (Wildman–Crippen LogP) is 3.11. The average molecular weight is 378 g/mol. The number of hydrogen-bond acceptors (Lipinski definition) is 6. The molecule has 0 aromatic carbocycles. The van der Waals surface area contributed by atoms with Gasteiger partial charge in [0.05, 0.1) is 17.7 Å². The first kappa shape index (κ1) is 16.9. The Hall–Kier alpha value is -1.90. The van der Waals surface area contributed by atoms with Gasteiger partial charge in [0.15, 0.2) is 5.16 Å². The van der Waals surface area contributed by atoms with E-state index in [1.54, 1.807) is 28.0 Å². The molecule has 24 heavy (non-hydrogen) atoms. The largest absolute Gasteiger partial charge is 0.350 e. The van der Waals surface area contributed by atoms with Crippen LogP contribution in [0.2, 0.25) is 0 Å². The lowest BCUT2D eigenvalue weighted by molar-refractivity contribution is -0.118. The summed E-state index contributed by atoms with van der Waals surface area (Å²) in [7, 11) is 0. The fourth-order valence-electron chi connectivity index (χ4n) is 2.11. The van der Waals surface area contributed by atoms with E-state index >= 15 is 0 Å². The summed E-state index contributed by atoms with van der Waals surface area (Å²) in [6.45, 7) is 4.58. The SMILES string of the molecule is C=CCn1c(SCC(=O)NCc2cccs2)nc2sccc2c1=O. The highest BCUT2D eigenvalue weighted by atomic mass is 32.2. The van der Waals surface area contributed by atoms with Crippen LogP contribution < -0.4 is 10.9 Å². The number of amides is 1. The summed E-state index contributed by atoms with van der Waals surface area (Å²) in [5.74, 6) is 0.130. The van der Waals surface area contributed by atoms with Crippen molar-refractivity contribution in [3.05, 3.63) is 56.8 Å². The van der Waals surface area contributed by atoms with Gasteiger partial charge in [-0.3, -0.25) is 14.2 Å². The Kier molecular flexibility index (Phi) is 5.49. The van der Waals surface area contributed by atoms with E-state index in [0.717, 1.165) is 4.88 Å². The van der Waals surface area contributed by atoms with Gasteiger partial charge in [-0.05, 0) is 22.9 Å². The van der Waals surface area contributed by atoms with Crippen molar-refractivity contribution < 1.29 is 4.79 Å². The number of rotatable bonds is 7. The fourth-order valence-corrected chi connectivity index (χ4v) is 4.40. The third-order valence-electron chi connectivity index (χ3n) is 3.23. The van der Waals surface area contributed by atoms with E-state index in [9.17, 15) is 9.59 Å². The highest BCUT2D eigenvalue weighted by Gasteiger charge is 2.13. The molecule has 1 N–H and O–H groups in total. The summed E-state index contributed by atoms with van der Waals surface area (Å²) in [4.78, 5) is 30.8. The van der Waals surface area contributed by atoms with Crippen LogP contribution >= 0.6 is 34.4 Å². The normalized spacial score (nSPS) is 10.8. The molecule has 0 aliphatic heterocycles. The van der Waals surface area contributed by atoms with Crippen molar-refractivity contribution in [2.45, 2.75) is 18.2 Å². The Bertz CT molecular complexity index is 912. The lowest BCUT2D eigenvalue weighted by Crippen LogP contribution is -2.26. The number of nitrogens with zero attached hydrogens (tertiary/aromatic N) is 2. The second-order valence-corrected chi connectivity index (χ2v) is 7.75. The van der Waals surface area contributed by atoms with E-state index in [2.05, 4.69) is 16.9 Å². The van der Waals surface area contributed by atoms with Gasteiger partial charge in [-0.25, -0.2) is 4.98 Å². The van der Waals surface area contributed by atoms with Crippen LogP contribution in [0, 0.1) is 0 Å². The van der Waals surface area contributed by atoms with Crippen LogP contribution in [-0.4, -0.2) is 21.2 Å². The number of thiophene rings is 2. The van der Waals surface area contributed by atoms with Crippen molar-refractivity contribution in [1.29, 1.82) is 0 Å². The van der Waals surface area contributed by atoms with Crippen LogP contribution in [0.3, 0.4) is 0 Å². The summed E-state index contributed by atoms with van der Waals surface area (Å²) in [6, 6.07) is 5.71. The van der Waals surface area contributed by atoms with Gasteiger partial charge in [0.2, 0.25) is 5.91 Å². The first-order valence-corrected chi connectivity index (χ1v) is 9.94. The summed E-state index contributed by atoms with van der Waals surface area (Å²) in [5, 5.41) is 7.84. The predicted molar refractivity (Wildman–Crippen MR) is 101 cm³/mol. The molecule has 8 heteroatoms. The molecule has 3 heterocycles. The number of thioether (sulfide) groups is 1. The molecule has 0 aliphatic carbocycles. The molecule has 1 amide bonds. The van der Waals surface area contributed by atoms with Crippen molar-refractivity contribution in [3.63, 3.8) is 0 Å². The molecule has 0 saturated carbocycles. The van der Waals surface area contributed by atoms with Crippen LogP contribution in [0.1, 0.15) is 4.88 Å². The Labute approximate surface area is 151 Å². The Morgan fingerprint density at radius 2 is 2.25 bits per heavy atom. The highest BCUT2D eigenvalue weighted by Crippen LogP contribution is 2.21. The quantitative estimate of drug-likeness (QED) is 0.390. The summed E-state index contributed by atoms with van der Waals surface area (Å²) in [5.41, 5.74) is -0.0948. The number of aromatic nitrogens is 2. The number of allylic oxidation sites excluding steroid dienone is 1. The molecule has 0 unspecified atom stereocenters. The zero-order chi connectivity index (χ0) is 16.9. The van der Waals surface area contributed by atoms with Crippen molar-refractivity contribution >= 4 is 50.6 Å². The molecular formula is C16H15N3O2S3. The van der Waals surface area contributed by atoms with E-state index in [0.29, 0.717) is 28.5 Å². The van der Waals surface area contributed by atoms with Gasteiger partial charge in [-0.1, -0.05) is 23.9 Å². The lowest BCUT2D eigenvalue weighted by Gasteiger charge is -2.10. The van der Waals surface area contributed by atoms with E-state index in [4.69, 9.17) is 0 Å². The van der Waals surface area contributed by atoms with Crippen molar-refractivity contribution in [2.24, 2.45) is 0 Å². The zero-order valence-electron chi connectivity index (χ0n) is 12.7. The van der Waals surface area contributed by atoms with Crippen LogP contribution in [-0.2, 0) is 17.9 Å². The highest BCUT2D eigenvalue weighted by molar-refractivity contribution is 7.99. The molecule has 0 fully saturated rings. The first-order chi connectivity index (χ1) is 11.7. The molecule has 3 rings (SSSR count). The number of carbonyl (C=O) groups is 1. The number of carbonyl (C=O) groups excluding carboxylic acids is 1. The number of hydrogen-bond donors (Lipinski definition) is 1. The molecule has 0 radical (unpaired) electrons. The second-order valence-electron chi connectivity index (χ2n) is 4.88. The maximum absolute atomic E-state index is 12.5. The third-order valence-corrected chi connectivity index (χ3v) is 5.89. The van der Waals surface area contributed by atoms with Gasteiger partial charge < -0.3 is 5.32 Å². The molecule has 0 atom stereocenters. The number of fused-ring (bicyclic) bond motifs is 1. The Morgan fingerprint density at radius 1 is 1.38 bits per heavy atom. The summed E-state index contributed by atoms with van der Waals surface area (Å²) < 4.78 is 1.55. The standard InChI is InChI=1S/C16H15N3O2S3/c1-2-6-19-15(21)12-5-8-23-14(12)18-16(19)24-10-13(20)17-9-11-4-3-7-22-11/h2-5,7-8H,1,6,9-10H2,(H,17,20). The molecule has 3 aromatic rings. The van der Waals surface area contributed by atoms with E-state index in [-0.39, 0.29) is 17.2 Å². The number of nitrogens with one attached hydrogen (secondary N) is 1. The second kappa shape index (κ2) is 7.78. The first-order valence-electron chi connectivity index (χ1n) is 7.20. The van der Waals surface area contributed by atoms with Crippen LogP contribution in [0.4, 0.5) is 0 Å². The zero-order valence-corrected chi connectivity index (χ0v) is 15.2. The summed E-state index contributed by atoms with van der Waals surface area (Å²) in [6.07, 6.45) is 1.65. The minimum absolute atomic E-state index is 0.0842. The van der Waals surface area contributed by atoms with Gasteiger partial charge in [0.25, 0.3) is 5.56 Å². The van der Waals surface area contributed by atoms with E-state index < -0.39 is 0 Å². The van der Waals surface area contributed by atoms with Crippen LogP contribution in [0.15, 0.2) is 51.6 Å². The smallest absolute Gasteiger partial charge is 0.263 e. The minimum atomic E-state index is -0.0948. The van der Waals surface area contributed by atoms with Gasteiger partial charge in [-0.15, -0.1) is 29.3 Å². The molecule has 0 spiro atoms. The van der Waals surface area contributed by atoms with Gasteiger partial charge in [-0.2, -0.15) is 0 Å². The third kappa shape index (κ3) is 3.77. The Balaban J connectivity index is 1.71. The monoisotopic (exact) mass is 377 g/mol. The van der Waals surface area contributed by atoms with E-state index in [1.807, 2.05) is 22.9 Å². The molecule has 0 aliphatic rings. The average Bonchev–Trinajstić information content (AvgIpc) is 3.25. The molecule has 3 aromatic heterocycles. The van der Waals surface area contributed by atoms with Gasteiger partial charge in [0, 0.05) is 11.4 Å². The molecule has 5 nitrogen and oxygen atoms in total. The topological polar surface area (TPSA) is 64.0 Å². The molecule has 0 saturated heterocycles. The van der Waals surface area contributed by atoms with Crippen molar-refractivity contribution in [2.75, 3.05) is 5.75 Å². The summed E-state index contributed by atoms with van der Waals surface area (Å²) >= 11 is 4.29. The molecular weight excluding hydrogens is 362 g/mol. The van der Waals surface area contributed by atoms with Crippen LogP contribution in [0.25, 0.3) is 10.2 Å². The van der Waals surface area contributed by atoms with Crippen LogP contribution in [0.5, 0.6) is 0 Å². The molecule has 124 valence electrons. The maximum Gasteiger partial charge on any atom is 0.263 e. The van der Waals surface area contributed by atoms with E-state index in [1.165, 1.54) is 23.1 Å². The fraction of sp³-hybridized carbons (Fsp3) is 0.188. The Morgan fingerprint density at radius 3 is 3.00 bits per heavy atom. The van der Waals surface area contributed by atoms with Crippen molar-refractivity contribution in [1.82, 2.24) is 14.9 Å². The molecule has 0 bridgehead atoms. The van der Waals surface area contributed by atoms with Gasteiger partial charge in [0.1, 0.15) is 4.83 Å². The minimum Gasteiger partial charge on any atom is -0.350 e. The maximum atomic E-state index is 12.5.